The summed E-state index contributed by atoms with van der Waals surface area (Å²) in [5, 5.41) is 6.59. The van der Waals surface area contributed by atoms with Gasteiger partial charge < -0.3 is 15.1 Å². The van der Waals surface area contributed by atoms with E-state index in [0.717, 1.165) is 36.8 Å². The van der Waals surface area contributed by atoms with E-state index in [4.69, 9.17) is 4.98 Å². The Balaban J connectivity index is 1.28. The van der Waals surface area contributed by atoms with Gasteiger partial charge in [-0.05, 0) is 35.7 Å². The number of benzene rings is 1. The maximum atomic E-state index is 12.6. The summed E-state index contributed by atoms with van der Waals surface area (Å²) in [6, 6.07) is 10.5. The molecule has 30 heavy (non-hydrogen) atoms. The first-order chi connectivity index (χ1) is 14.5. The minimum Gasteiger partial charge on any atom is -0.353 e. The van der Waals surface area contributed by atoms with Gasteiger partial charge in [0.2, 0.25) is 0 Å². The Kier molecular flexibility index (Phi) is 6.18. The summed E-state index contributed by atoms with van der Waals surface area (Å²) in [5.74, 6) is 2.15. The van der Waals surface area contributed by atoms with Crippen LogP contribution >= 0.6 is 11.3 Å². The fourth-order valence-corrected chi connectivity index (χ4v) is 4.77. The van der Waals surface area contributed by atoms with Crippen LogP contribution in [0.3, 0.4) is 0 Å². The van der Waals surface area contributed by atoms with Crippen LogP contribution in [-0.4, -0.2) is 53.6 Å². The number of nitrogens with one attached hydrogen (secondary N) is 1. The first-order valence-corrected chi connectivity index (χ1v) is 11.5. The van der Waals surface area contributed by atoms with Crippen LogP contribution in [-0.2, 0) is 6.42 Å². The lowest BCUT2D eigenvalue weighted by Gasteiger charge is -2.35. The lowest BCUT2D eigenvalue weighted by molar-refractivity contribution is 0.194. The van der Waals surface area contributed by atoms with E-state index in [0.29, 0.717) is 25.6 Å². The molecule has 0 saturated carbocycles. The number of fused-ring (bicyclic) bond motifs is 1. The number of aromatic nitrogens is 2. The first kappa shape index (κ1) is 20.6. The maximum absolute atomic E-state index is 12.6. The lowest BCUT2D eigenvalue weighted by Crippen LogP contribution is -2.52. The number of amides is 2. The number of carbonyl (C=O) groups is 1. The fraction of sp³-hybridized carbons (Fsp3) is 0.435. The van der Waals surface area contributed by atoms with Crippen LogP contribution in [0.2, 0.25) is 0 Å². The van der Waals surface area contributed by atoms with Gasteiger partial charge in [0.1, 0.15) is 11.6 Å². The molecule has 1 N–H and O–H groups in total. The Morgan fingerprint density at radius 1 is 1.17 bits per heavy atom. The van der Waals surface area contributed by atoms with Gasteiger partial charge in [0.15, 0.2) is 0 Å². The van der Waals surface area contributed by atoms with E-state index in [1.807, 2.05) is 17.9 Å². The van der Waals surface area contributed by atoms with Crippen molar-refractivity contribution in [1.82, 2.24) is 20.2 Å². The molecule has 4 rings (SSSR count). The highest BCUT2D eigenvalue weighted by Crippen LogP contribution is 2.25. The summed E-state index contributed by atoms with van der Waals surface area (Å²) in [4.78, 5) is 26.0. The van der Waals surface area contributed by atoms with Crippen LogP contribution in [0.15, 0.2) is 35.7 Å². The molecule has 1 aliphatic rings. The van der Waals surface area contributed by atoms with E-state index < -0.39 is 0 Å². The number of anilines is 1. The fourth-order valence-electron chi connectivity index (χ4n) is 3.78. The molecule has 0 atom stereocenters. The SMILES string of the molecule is Cc1cc(N2CCN(C(=O)NCCc3csc4ccccc34)CC2)nc(C(C)C)n1. The van der Waals surface area contributed by atoms with Crippen LogP contribution in [0.25, 0.3) is 10.1 Å². The van der Waals surface area contributed by atoms with Gasteiger partial charge >= 0.3 is 6.03 Å². The summed E-state index contributed by atoms with van der Waals surface area (Å²) < 4.78 is 1.30. The van der Waals surface area contributed by atoms with Crippen LogP contribution in [0.5, 0.6) is 0 Å². The van der Waals surface area contributed by atoms with E-state index in [2.05, 4.69) is 58.7 Å². The average Bonchev–Trinajstić information content (AvgIpc) is 3.16. The van der Waals surface area contributed by atoms with E-state index in [9.17, 15) is 4.79 Å². The zero-order valence-corrected chi connectivity index (χ0v) is 18.7. The Bertz CT molecular complexity index is 1020. The molecule has 0 spiro atoms. The van der Waals surface area contributed by atoms with Gasteiger partial charge in [-0.1, -0.05) is 32.0 Å². The molecule has 1 fully saturated rings. The molecule has 158 valence electrons. The van der Waals surface area contributed by atoms with E-state index >= 15 is 0 Å². The summed E-state index contributed by atoms with van der Waals surface area (Å²) in [5.41, 5.74) is 2.30. The number of rotatable bonds is 5. The Morgan fingerprint density at radius 3 is 2.70 bits per heavy atom. The predicted octanol–water partition coefficient (Wildman–Crippen LogP) is 4.20. The average molecular weight is 424 g/mol. The first-order valence-electron chi connectivity index (χ1n) is 10.6. The van der Waals surface area contributed by atoms with Crippen LogP contribution in [0.4, 0.5) is 10.6 Å². The molecule has 1 aromatic carbocycles. The van der Waals surface area contributed by atoms with Crippen molar-refractivity contribution in [3.63, 3.8) is 0 Å². The van der Waals surface area contributed by atoms with Crippen molar-refractivity contribution in [2.45, 2.75) is 33.1 Å². The molecule has 0 aliphatic carbocycles. The van der Waals surface area contributed by atoms with Gasteiger partial charge in [-0.15, -0.1) is 11.3 Å². The quantitative estimate of drug-likeness (QED) is 0.668. The smallest absolute Gasteiger partial charge is 0.317 e. The van der Waals surface area contributed by atoms with E-state index in [1.54, 1.807) is 11.3 Å². The number of piperazine rings is 1. The third-order valence-corrected chi connectivity index (χ3v) is 6.51. The van der Waals surface area contributed by atoms with Gasteiger partial charge in [0, 0.05) is 55.1 Å². The van der Waals surface area contributed by atoms with Crippen LogP contribution in [0.1, 0.15) is 36.8 Å². The molecular formula is C23H29N5OS. The van der Waals surface area contributed by atoms with Gasteiger partial charge in [-0.25, -0.2) is 14.8 Å². The molecule has 6 nitrogen and oxygen atoms in total. The van der Waals surface area contributed by atoms with Crippen molar-refractivity contribution < 1.29 is 4.79 Å². The third-order valence-electron chi connectivity index (χ3n) is 5.50. The second-order valence-corrected chi connectivity index (χ2v) is 9.00. The predicted molar refractivity (Wildman–Crippen MR) is 124 cm³/mol. The number of thiophene rings is 1. The standard InChI is InChI=1S/C23H29N5OS/c1-16(2)22-25-17(3)14-21(26-22)27-10-12-28(13-11-27)23(29)24-9-8-18-15-30-20-7-5-4-6-19(18)20/h4-7,14-16H,8-13H2,1-3H3,(H,24,29). The normalized spacial score (nSPS) is 14.5. The van der Waals surface area contributed by atoms with Crippen LogP contribution < -0.4 is 10.2 Å². The summed E-state index contributed by atoms with van der Waals surface area (Å²) >= 11 is 1.76. The summed E-state index contributed by atoms with van der Waals surface area (Å²) in [6.45, 7) is 9.87. The molecule has 3 heterocycles. The Labute approximate surface area is 181 Å². The Hall–Kier alpha value is -2.67. The number of aryl methyl sites for hydroxylation is 1. The summed E-state index contributed by atoms with van der Waals surface area (Å²) in [6.07, 6.45) is 0.855. The van der Waals surface area contributed by atoms with Crippen molar-refractivity contribution in [3.05, 3.63) is 52.8 Å². The van der Waals surface area contributed by atoms with Crippen molar-refractivity contribution in [1.29, 1.82) is 0 Å². The molecular weight excluding hydrogens is 394 g/mol. The van der Waals surface area contributed by atoms with Crippen molar-refractivity contribution in [2.75, 3.05) is 37.6 Å². The van der Waals surface area contributed by atoms with Gasteiger partial charge in [0.25, 0.3) is 0 Å². The molecule has 2 aromatic heterocycles. The molecule has 0 bridgehead atoms. The highest BCUT2D eigenvalue weighted by molar-refractivity contribution is 7.17. The van der Waals surface area contributed by atoms with Gasteiger partial charge in [-0.3, -0.25) is 0 Å². The largest absolute Gasteiger partial charge is 0.353 e. The number of nitrogens with zero attached hydrogens (tertiary/aromatic N) is 4. The van der Waals surface area contributed by atoms with Crippen molar-refractivity contribution >= 4 is 33.3 Å². The van der Waals surface area contributed by atoms with Gasteiger partial charge in [-0.2, -0.15) is 0 Å². The number of hydrogen-bond donors (Lipinski definition) is 1. The minimum atomic E-state index is 0.0240. The zero-order valence-electron chi connectivity index (χ0n) is 17.9. The van der Waals surface area contributed by atoms with Gasteiger partial charge in [0.05, 0.1) is 0 Å². The highest BCUT2D eigenvalue weighted by atomic mass is 32.1. The van der Waals surface area contributed by atoms with Crippen molar-refractivity contribution in [3.8, 4) is 0 Å². The van der Waals surface area contributed by atoms with Crippen molar-refractivity contribution in [2.24, 2.45) is 0 Å². The van der Waals surface area contributed by atoms with E-state index in [1.165, 1.54) is 15.6 Å². The third kappa shape index (κ3) is 4.56. The van der Waals surface area contributed by atoms with Crippen LogP contribution in [0, 0.1) is 6.92 Å². The number of carbonyl (C=O) groups excluding carboxylic acids is 1. The molecule has 0 radical (unpaired) electrons. The molecule has 0 unspecified atom stereocenters. The van der Waals surface area contributed by atoms with E-state index in [-0.39, 0.29) is 6.03 Å². The molecule has 3 aromatic rings. The summed E-state index contributed by atoms with van der Waals surface area (Å²) in [7, 11) is 0. The zero-order chi connectivity index (χ0) is 21.1. The number of urea groups is 1. The molecule has 1 saturated heterocycles. The lowest BCUT2D eigenvalue weighted by atomic mass is 10.1. The monoisotopic (exact) mass is 423 g/mol. The molecule has 2 amide bonds. The second kappa shape index (κ2) is 9.00. The molecule has 1 aliphatic heterocycles. The topological polar surface area (TPSA) is 61.4 Å². The second-order valence-electron chi connectivity index (χ2n) is 8.09. The highest BCUT2D eigenvalue weighted by Gasteiger charge is 2.22. The minimum absolute atomic E-state index is 0.0240. The Morgan fingerprint density at radius 2 is 1.93 bits per heavy atom. The number of hydrogen-bond acceptors (Lipinski definition) is 5. The molecule has 7 heteroatoms. The maximum Gasteiger partial charge on any atom is 0.317 e.